The Morgan fingerprint density at radius 3 is 2.19 bits per heavy atom. The summed E-state index contributed by atoms with van der Waals surface area (Å²) in [6.45, 7) is 0. The van der Waals surface area contributed by atoms with Gasteiger partial charge in [0.1, 0.15) is 0 Å². The summed E-state index contributed by atoms with van der Waals surface area (Å²) in [7, 11) is 0. The maximum atomic E-state index is 10.8. The van der Waals surface area contributed by atoms with Crippen molar-refractivity contribution in [2.45, 2.75) is 75.1 Å². The zero-order valence-electron chi connectivity index (χ0n) is 9.99. The van der Waals surface area contributed by atoms with E-state index in [-0.39, 0.29) is 6.04 Å². The van der Waals surface area contributed by atoms with Crippen LogP contribution in [-0.2, 0) is 0 Å². The summed E-state index contributed by atoms with van der Waals surface area (Å²) in [5.41, 5.74) is 5.79. The van der Waals surface area contributed by atoms with Gasteiger partial charge in [-0.15, -0.1) is 0 Å². The summed E-state index contributed by atoms with van der Waals surface area (Å²) in [6.07, 6.45) is 9.27. The lowest BCUT2D eigenvalue weighted by molar-refractivity contribution is -0.0434. The van der Waals surface area contributed by atoms with Crippen LogP contribution in [0.2, 0.25) is 0 Å². The summed E-state index contributed by atoms with van der Waals surface area (Å²) in [5, 5.41) is 14.4. The van der Waals surface area contributed by atoms with Gasteiger partial charge in [-0.25, -0.2) is 0 Å². The third-order valence-corrected chi connectivity index (χ3v) is 5.06. The number of nitrogens with one attached hydrogen (secondary N) is 1. The van der Waals surface area contributed by atoms with Gasteiger partial charge in [-0.2, -0.15) is 0 Å². The van der Waals surface area contributed by atoms with E-state index in [9.17, 15) is 5.11 Å². The average molecular weight is 224 g/mol. The Bertz CT molecular complexity index is 251. The molecule has 2 aliphatic heterocycles. The highest BCUT2D eigenvalue weighted by Gasteiger charge is 2.48. The van der Waals surface area contributed by atoms with Crippen LogP contribution >= 0.6 is 0 Å². The predicted octanol–water partition coefficient (Wildman–Crippen LogP) is 1.15. The fourth-order valence-corrected chi connectivity index (χ4v) is 4.19. The molecule has 16 heavy (non-hydrogen) atoms. The van der Waals surface area contributed by atoms with E-state index in [1.807, 2.05) is 0 Å². The summed E-state index contributed by atoms with van der Waals surface area (Å²) in [6, 6.07) is 1.06. The molecular formula is C13H24N2O. The Morgan fingerprint density at radius 1 is 1.06 bits per heavy atom. The molecule has 2 saturated heterocycles. The van der Waals surface area contributed by atoms with Crippen molar-refractivity contribution in [3.63, 3.8) is 0 Å². The van der Waals surface area contributed by atoms with Gasteiger partial charge < -0.3 is 16.2 Å². The third-order valence-electron chi connectivity index (χ3n) is 5.06. The molecule has 0 radical (unpaired) electrons. The topological polar surface area (TPSA) is 58.3 Å². The minimum Gasteiger partial charge on any atom is -0.388 e. The predicted molar refractivity (Wildman–Crippen MR) is 64.1 cm³/mol. The van der Waals surface area contributed by atoms with Crippen molar-refractivity contribution in [3.05, 3.63) is 0 Å². The van der Waals surface area contributed by atoms with Crippen LogP contribution in [0, 0.1) is 5.92 Å². The maximum Gasteiger partial charge on any atom is 0.0830 e. The fourth-order valence-electron chi connectivity index (χ4n) is 4.19. The monoisotopic (exact) mass is 224 g/mol. The van der Waals surface area contributed by atoms with E-state index in [1.54, 1.807) is 0 Å². The molecule has 0 aromatic carbocycles. The molecule has 3 atom stereocenters. The molecule has 3 aliphatic rings. The molecule has 3 nitrogen and oxygen atoms in total. The molecule has 3 fully saturated rings. The first-order valence-electron chi connectivity index (χ1n) is 6.91. The van der Waals surface area contributed by atoms with Gasteiger partial charge in [0.25, 0.3) is 0 Å². The highest BCUT2D eigenvalue weighted by Crippen LogP contribution is 2.40. The molecule has 0 amide bonds. The van der Waals surface area contributed by atoms with Gasteiger partial charge in [0.05, 0.1) is 5.60 Å². The Morgan fingerprint density at radius 2 is 1.62 bits per heavy atom. The number of fused-ring (bicyclic) bond motifs is 2. The maximum absolute atomic E-state index is 10.8. The number of hydrogen-bond acceptors (Lipinski definition) is 3. The first-order valence-corrected chi connectivity index (χ1v) is 6.91. The van der Waals surface area contributed by atoms with Crippen LogP contribution in [0.5, 0.6) is 0 Å². The molecule has 0 aromatic heterocycles. The standard InChI is InChI=1S/C13H24N2O/c14-12(9-3-1-2-4-9)13(16)7-10-5-6-11(8-13)15-10/h9-12,15-16H,1-8,14H2. The zero-order chi connectivity index (χ0) is 11.2. The van der Waals surface area contributed by atoms with Gasteiger partial charge in [-0.3, -0.25) is 0 Å². The van der Waals surface area contributed by atoms with Crippen LogP contribution in [-0.4, -0.2) is 28.8 Å². The van der Waals surface area contributed by atoms with E-state index in [1.165, 1.54) is 38.5 Å². The summed E-state index contributed by atoms with van der Waals surface area (Å²) < 4.78 is 0. The van der Waals surface area contributed by atoms with E-state index in [0.29, 0.717) is 18.0 Å². The molecule has 4 N–H and O–H groups in total. The summed E-state index contributed by atoms with van der Waals surface area (Å²) in [5.74, 6) is 0.572. The smallest absolute Gasteiger partial charge is 0.0830 e. The average Bonchev–Trinajstić information content (AvgIpc) is 2.87. The van der Waals surface area contributed by atoms with Crippen molar-refractivity contribution < 1.29 is 5.11 Å². The molecule has 1 aliphatic carbocycles. The van der Waals surface area contributed by atoms with Crippen molar-refractivity contribution in [2.24, 2.45) is 11.7 Å². The van der Waals surface area contributed by atoms with Gasteiger partial charge in [-0.1, -0.05) is 12.8 Å². The zero-order valence-corrected chi connectivity index (χ0v) is 9.99. The molecule has 0 spiro atoms. The normalized spacial score (nSPS) is 46.1. The molecule has 3 unspecified atom stereocenters. The first kappa shape index (κ1) is 11.0. The van der Waals surface area contributed by atoms with Crippen molar-refractivity contribution in [1.82, 2.24) is 5.32 Å². The Kier molecular flexibility index (Phi) is 2.73. The van der Waals surface area contributed by atoms with Gasteiger partial charge in [0.2, 0.25) is 0 Å². The van der Waals surface area contributed by atoms with E-state index in [4.69, 9.17) is 5.73 Å². The summed E-state index contributed by atoms with van der Waals surface area (Å²) >= 11 is 0. The van der Waals surface area contributed by atoms with Crippen molar-refractivity contribution in [2.75, 3.05) is 0 Å². The van der Waals surface area contributed by atoms with Gasteiger partial charge in [0.15, 0.2) is 0 Å². The van der Waals surface area contributed by atoms with E-state index < -0.39 is 5.60 Å². The molecule has 1 saturated carbocycles. The van der Waals surface area contributed by atoms with E-state index >= 15 is 0 Å². The van der Waals surface area contributed by atoms with Crippen LogP contribution in [0.4, 0.5) is 0 Å². The van der Waals surface area contributed by atoms with Crippen LogP contribution < -0.4 is 11.1 Å². The van der Waals surface area contributed by atoms with Gasteiger partial charge in [-0.05, 0) is 44.4 Å². The number of rotatable bonds is 2. The molecule has 3 heteroatoms. The number of hydrogen-bond donors (Lipinski definition) is 3. The lowest BCUT2D eigenvalue weighted by atomic mass is 9.76. The highest BCUT2D eigenvalue weighted by atomic mass is 16.3. The second-order valence-corrected chi connectivity index (χ2v) is 6.22. The van der Waals surface area contributed by atoms with Crippen molar-refractivity contribution in [1.29, 1.82) is 0 Å². The Balaban J connectivity index is 1.71. The van der Waals surface area contributed by atoms with Crippen LogP contribution in [0.3, 0.4) is 0 Å². The number of nitrogens with two attached hydrogens (primary N) is 1. The van der Waals surface area contributed by atoms with Crippen LogP contribution in [0.25, 0.3) is 0 Å². The molecule has 3 rings (SSSR count). The van der Waals surface area contributed by atoms with Gasteiger partial charge in [0, 0.05) is 18.1 Å². The SMILES string of the molecule is NC(C1CCCC1)C1(O)CC2CCC(C1)N2. The minimum atomic E-state index is -0.577. The van der Waals surface area contributed by atoms with Crippen LogP contribution in [0.15, 0.2) is 0 Å². The molecule has 2 bridgehead atoms. The molecular weight excluding hydrogens is 200 g/mol. The number of piperidine rings is 1. The molecule has 92 valence electrons. The molecule has 2 heterocycles. The Hall–Kier alpha value is -0.120. The van der Waals surface area contributed by atoms with E-state index in [2.05, 4.69) is 5.32 Å². The van der Waals surface area contributed by atoms with Crippen molar-refractivity contribution in [3.8, 4) is 0 Å². The quantitative estimate of drug-likeness (QED) is 0.659. The fraction of sp³-hybridized carbons (Fsp3) is 1.00. The van der Waals surface area contributed by atoms with Gasteiger partial charge >= 0.3 is 0 Å². The largest absolute Gasteiger partial charge is 0.388 e. The minimum absolute atomic E-state index is 0.0141. The first-order chi connectivity index (χ1) is 7.67. The van der Waals surface area contributed by atoms with Crippen molar-refractivity contribution >= 4 is 0 Å². The lowest BCUT2D eigenvalue weighted by Crippen LogP contribution is -2.59. The second-order valence-electron chi connectivity index (χ2n) is 6.22. The summed E-state index contributed by atoms with van der Waals surface area (Å²) in [4.78, 5) is 0. The highest BCUT2D eigenvalue weighted by molar-refractivity contribution is 5.06. The molecule has 0 aromatic rings. The third kappa shape index (κ3) is 1.79. The van der Waals surface area contributed by atoms with Crippen LogP contribution in [0.1, 0.15) is 51.4 Å². The number of aliphatic hydroxyl groups is 1. The lowest BCUT2D eigenvalue weighted by Gasteiger charge is -2.43. The van der Waals surface area contributed by atoms with E-state index in [0.717, 1.165) is 12.8 Å². The second kappa shape index (κ2) is 3.97. The Labute approximate surface area is 97.8 Å².